The number of nitrogens with zero attached hydrogens (tertiary/aromatic N) is 4. The lowest BCUT2D eigenvalue weighted by atomic mass is 9.97. The normalized spacial score (nSPS) is 21.5. The number of thiophene rings is 1. The standard InChI is InChI=1S/C22H28N4O4S/c27-18(24-9-11-25(12-10-24)21(28)16-5-3-13-30-16)7-8-26-14-23-20-19(22(26)29)15-4-1-2-6-17(15)31-20/h14,16H,1-13H2. The summed E-state index contributed by atoms with van der Waals surface area (Å²) in [5.41, 5.74) is 1.15. The predicted octanol–water partition coefficient (Wildman–Crippen LogP) is 1.58. The molecule has 2 saturated heterocycles. The summed E-state index contributed by atoms with van der Waals surface area (Å²) in [4.78, 5) is 48.5. The van der Waals surface area contributed by atoms with Crippen LogP contribution in [0.3, 0.4) is 0 Å². The summed E-state index contributed by atoms with van der Waals surface area (Å²) in [5.74, 6) is 0.0678. The third kappa shape index (κ3) is 4.01. The quantitative estimate of drug-likeness (QED) is 0.715. The minimum atomic E-state index is -0.306. The molecule has 4 heterocycles. The summed E-state index contributed by atoms with van der Waals surface area (Å²) in [6, 6.07) is 0. The molecular formula is C22H28N4O4S. The molecule has 166 valence electrons. The molecular weight excluding hydrogens is 416 g/mol. The molecule has 1 atom stereocenters. The van der Waals surface area contributed by atoms with E-state index in [1.54, 1.807) is 27.1 Å². The minimum Gasteiger partial charge on any atom is -0.368 e. The summed E-state index contributed by atoms with van der Waals surface area (Å²) in [5, 5.41) is 0.760. The zero-order valence-electron chi connectivity index (χ0n) is 17.7. The Labute approximate surface area is 184 Å². The number of ether oxygens (including phenoxy) is 1. The topological polar surface area (TPSA) is 84.7 Å². The van der Waals surface area contributed by atoms with Gasteiger partial charge in [-0.1, -0.05) is 0 Å². The molecule has 0 radical (unpaired) electrons. The van der Waals surface area contributed by atoms with Crippen LogP contribution in [0.15, 0.2) is 11.1 Å². The van der Waals surface area contributed by atoms with Crippen LogP contribution in [0.25, 0.3) is 10.2 Å². The summed E-state index contributed by atoms with van der Waals surface area (Å²) in [7, 11) is 0. The van der Waals surface area contributed by atoms with Crippen LogP contribution in [0.5, 0.6) is 0 Å². The first kappa shape index (κ1) is 20.6. The smallest absolute Gasteiger partial charge is 0.262 e. The highest BCUT2D eigenvalue weighted by Crippen LogP contribution is 2.33. The largest absolute Gasteiger partial charge is 0.368 e. The summed E-state index contributed by atoms with van der Waals surface area (Å²) >= 11 is 1.64. The highest BCUT2D eigenvalue weighted by molar-refractivity contribution is 7.18. The van der Waals surface area contributed by atoms with Crippen LogP contribution in [-0.4, -0.2) is 70.1 Å². The molecule has 31 heavy (non-hydrogen) atoms. The van der Waals surface area contributed by atoms with E-state index in [9.17, 15) is 14.4 Å². The van der Waals surface area contributed by atoms with Gasteiger partial charge in [0.05, 0.1) is 11.7 Å². The minimum absolute atomic E-state index is 0.0172. The highest BCUT2D eigenvalue weighted by atomic mass is 32.1. The molecule has 2 fully saturated rings. The lowest BCUT2D eigenvalue weighted by Crippen LogP contribution is -2.53. The maximum atomic E-state index is 13.0. The first-order valence-corrected chi connectivity index (χ1v) is 12.1. The fourth-order valence-corrected chi connectivity index (χ4v) is 6.09. The van der Waals surface area contributed by atoms with E-state index >= 15 is 0 Å². The average molecular weight is 445 g/mol. The molecule has 1 aliphatic carbocycles. The van der Waals surface area contributed by atoms with Gasteiger partial charge in [0, 0.05) is 50.6 Å². The number of fused-ring (bicyclic) bond motifs is 3. The summed E-state index contributed by atoms with van der Waals surface area (Å²) in [6.45, 7) is 3.13. The Morgan fingerprint density at radius 3 is 2.65 bits per heavy atom. The van der Waals surface area contributed by atoms with E-state index in [4.69, 9.17) is 4.74 Å². The zero-order chi connectivity index (χ0) is 21.4. The Morgan fingerprint density at radius 1 is 1.10 bits per heavy atom. The van der Waals surface area contributed by atoms with Gasteiger partial charge in [0.25, 0.3) is 11.5 Å². The van der Waals surface area contributed by atoms with Gasteiger partial charge in [-0.2, -0.15) is 0 Å². The van der Waals surface area contributed by atoms with Crippen molar-refractivity contribution in [3.63, 3.8) is 0 Å². The number of aryl methyl sites for hydroxylation is 3. The van der Waals surface area contributed by atoms with Crippen molar-refractivity contribution in [2.24, 2.45) is 0 Å². The highest BCUT2D eigenvalue weighted by Gasteiger charge is 2.31. The number of hydrogen-bond acceptors (Lipinski definition) is 6. The van der Waals surface area contributed by atoms with Gasteiger partial charge in [-0.15, -0.1) is 11.3 Å². The molecule has 8 nitrogen and oxygen atoms in total. The SMILES string of the molecule is O=C(CCn1cnc2sc3c(c2c1=O)CCCC3)N1CCN(C(=O)C2CCCO2)CC1. The number of rotatable bonds is 4. The molecule has 5 rings (SSSR count). The second-order valence-corrected chi connectivity index (χ2v) is 9.68. The van der Waals surface area contributed by atoms with Gasteiger partial charge in [-0.3, -0.25) is 19.0 Å². The molecule has 0 N–H and O–H groups in total. The van der Waals surface area contributed by atoms with Crippen molar-refractivity contribution >= 4 is 33.4 Å². The predicted molar refractivity (Wildman–Crippen MR) is 117 cm³/mol. The van der Waals surface area contributed by atoms with E-state index in [1.165, 1.54) is 16.9 Å². The molecule has 3 aliphatic rings. The van der Waals surface area contributed by atoms with Gasteiger partial charge >= 0.3 is 0 Å². The second-order valence-electron chi connectivity index (χ2n) is 8.59. The van der Waals surface area contributed by atoms with E-state index in [0.717, 1.165) is 42.3 Å². The van der Waals surface area contributed by atoms with Gasteiger partial charge in [0.2, 0.25) is 5.91 Å². The van der Waals surface area contributed by atoms with Gasteiger partial charge in [-0.05, 0) is 44.1 Å². The fourth-order valence-electron chi connectivity index (χ4n) is 4.87. The Morgan fingerprint density at radius 2 is 1.87 bits per heavy atom. The van der Waals surface area contributed by atoms with E-state index in [0.29, 0.717) is 39.3 Å². The molecule has 9 heteroatoms. The molecule has 0 aromatic carbocycles. The number of hydrogen-bond donors (Lipinski definition) is 0. The number of carbonyl (C=O) groups excluding carboxylic acids is 2. The molecule has 2 amide bonds. The molecule has 2 aromatic rings. The van der Waals surface area contributed by atoms with Gasteiger partial charge in [0.1, 0.15) is 10.9 Å². The van der Waals surface area contributed by atoms with Gasteiger partial charge < -0.3 is 14.5 Å². The van der Waals surface area contributed by atoms with Crippen LogP contribution in [0.2, 0.25) is 0 Å². The average Bonchev–Trinajstić information content (AvgIpc) is 3.46. The van der Waals surface area contributed by atoms with Crippen LogP contribution in [-0.2, 0) is 33.7 Å². The molecule has 0 spiro atoms. The van der Waals surface area contributed by atoms with E-state index in [-0.39, 0.29) is 29.9 Å². The van der Waals surface area contributed by atoms with Crippen LogP contribution in [0.4, 0.5) is 0 Å². The fraction of sp³-hybridized carbons (Fsp3) is 0.636. The molecule has 1 unspecified atom stereocenters. The number of amides is 2. The maximum Gasteiger partial charge on any atom is 0.262 e. The maximum absolute atomic E-state index is 13.0. The Kier molecular flexibility index (Phi) is 5.79. The number of aromatic nitrogens is 2. The van der Waals surface area contributed by atoms with Gasteiger partial charge in [0.15, 0.2) is 0 Å². The van der Waals surface area contributed by atoms with Crippen LogP contribution in [0.1, 0.15) is 42.5 Å². The van der Waals surface area contributed by atoms with Crippen LogP contribution >= 0.6 is 11.3 Å². The van der Waals surface area contributed by atoms with Crippen molar-refractivity contribution in [1.82, 2.24) is 19.4 Å². The third-order valence-electron chi connectivity index (χ3n) is 6.66. The summed E-state index contributed by atoms with van der Waals surface area (Å²) in [6.07, 6.45) is 7.54. The molecule has 2 aromatic heterocycles. The molecule has 2 aliphatic heterocycles. The number of carbonyl (C=O) groups is 2. The van der Waals surface area contributed by atoms with Crippen molar-refractivity contribution in [2.45, 2.75) is 57.6 Å². The monoisotopic (exact) mass is 444 g/mol. The molecule has 0 saturated carbocycles. The van der Waals surface area contributed by atoms with Crippen molar-refractivity contribution in [3.8, 4) is 0 Å². The van der Waals surface area contributed by atoms with Crippen molar-refractivity contribution in [2.75, 3.05) is 32.8 Å². The second kappa shape index (κ2) is 8.70. The van der Waals surface area contributed by atoms with Crippen molar-refractivity contribution < 1.29 is 14.3 Å². The Balaban J connectivity index is 1.19. The lowest BCUT2D eigenvalue weighted by Gasteiger charge is -2.35. The van der Waals surface area contributed by atoms with Crippen molar-refractivity contribution in [1.29, 1.82) is 0 Å². The third-order valence-corrected chi connectivity index (χ3v) is 7.86. The van der Waals surface area contributed by atoms with E-state index in [2.05, 4.69) is 4.98 Å². The van der Waals surface area contributed by atoms with E-state index < -0.39 is 0 Å². The van der Waals surface area contributed by atoms with Crippen molar-refractivity contribution in [3.05, 3.63) is 27.1 Å². The first-order chi connectivity index (χ1) is 15.1. The molecule has 0 bridgehead atoms. The summed E-state index contributed by atoms with van der Waals surface area (Å²) < 4.78 is 7.07. The van der Waals surface area contributed by atoms with Crippen LogP contribution in [0, 0.1) is 0 Å². The Hall–Kier alpha value is -2.26. The number of piperazine rings is 1. The first-order valence-electron chi connectivity index (χ1n) is 11.3. The van der Waals surface area contributed by atoms with Crippen LogP contribution < -0.4 is 5.56 Å². The lowest BCUT2D eigenvalue weighted by molar-refractivity contribution is -0.146. The van der Waals surface area contributed by atoms with E-state index in [1.807, 2.05) is 4.90 Å². The Bertz CT molecular complexity index is 1050. The van der Waals surface area contributed by atoms with Gasteiger partial charge in [-0.25, -0.2) is 4.98 Å². The zero-order valence-corrected chi connectivity index (χ0v) is 18.5.